The zero-order chi connectivity index (χ0) is 19.8. The zero-order valence-corrected chi connectivity index (χ0v) is 17.0. The molecule has 1 heterocycles. The van der Waals surface area contributed by atoms with E-state index in [4.69, 9.17) is 11.6 Å². The van der Waals surface area contributed by atoms with E-state index in [-0.39, 0.29) is 11.9 Å². The first-order valence-electron chi connectivity index (χ1n) is 10.2. The lowest BCUT2D eigenvalue weighted by molar-refractivity contribution is 0.0759. The summed E-state index contributed by atoms with van der Waals surface area (Å²) in [6.07, 6.45) is 0.965. The van der Waals surface area contributed by atoms with E-state index in [0.717, 1.165) is 32.6 Å². The van der Waals surface area contributed by atoms with Gasteiger partial charge < -0.3 is 4.90 Å². The van der Waals surface area contributed by atoms with Crippen LogP contribution in [0.1, 0.15) is 33.9 Å². The van der Waals surface area contributed by atoms with Crippen molar-refractivity contribution in [1.82, 2.24) is 9.80 Å². The van der Waals surface area contributed by atoms with Crippen LogP contribution in [0, 0.1) is 0 Å². The fourth-order valence-electron chi connectivity index (χ4n) is 4.73. The Kier molecular flexibility index (Phi) is 4.86. The first kappa shape index (κ1) is 18.4. The van der Waals surface area contributed by atoms with Crippen molar-refractivity contribution in [1.29, 1.82) is 0 Å². The van der Waals surface area contributed by atoms with Crippen molar-refractivity contribution in [2.75, 3.05) is 26.2 Å². The third kappa shape index (κ3) is 3.35. The lowest BCUT2D eigenvalue weighted by atomic mass is 10.0. The number of amides is 1. The smallest absolute Gasteiger partial charge is 0.253 e. The average molecular weight is 403 g/mol. The molecule has 0 radical (unpaired) electrons. The minimum Gasteiger partial charge on any atom is -0.337 e. The minimum atomic E-state index is 0.0709. The van der Waals surface area contributed by atoms with Crippen LogP contribution in [0.3, 0.4) is 0 Å². The van der Waals surface area contributed by atoms with Gasteiger partial charge in [-0.25, -0.2) is 0 Å². The van der Waals surface area contributed by atoms with Crippen LogP contribution in [-0.2, 0) is 0 Å². The van der Waals surface area contributed by atoms with Crippen LogP contribution < -0.4 is 0 Å². The number of rotatable bonds is 2. The van der Waals surface area contributed by atoms with E-state index in [2.05, 4.69) is 53.4 Å². The standard InChI is InChI=1S/C25H23ClN2O/c26-19-8-5-7-18(17-19)25(29)28-14-6-13-27(15-16-28)24-22-11-3-1-9-20(22)21-10-2-4-12-23(21)24/h1-5,7-12,17,24H,6,13-16H2. The number of carbonyl (C=O) groups is 1. The summed E-state index contributed by atoms with van der Waals surface area (Å²) < 4.78 is 0. The van der Waals surface area contributed by atoms with Crippen molar-refractivity contribution in [3.63, 3.8) is 0 Å². The van der Waals surface area contributed by atoms with Gasteiger partial charge in [-0.2, -0.15) is 0 Å². The van der Waals surface area contributed by atoms with Gasteiger partial charge in [-0.15, -0.1) is 0 Å². The van der Waals surface area contributed by atoms with Crippen LogP contribution in [-0.4, -0.2) is 41.9 Å². The topological polar surface area (TPSA) is 23.6 Å². The maximum absolute atomic E-state index is 13.0. The molecule has 146 valence electrons. The summed E-state index contributed by atoms with van der Waals surface area (Å²) in [5.41, 5.74) is 6.10. The highest BCUT2D eigenvalue weighted by atomic mass is 35.5. The molecule has 5 rings (SSSR count). The molecule has 1 amide bonds. The van der Waals surface area contributed by atoms with Gasteiger partial charge in [0.15, 0.2) is 0 Å². The number of fused-ring (bicyclic) bond motifs is 3. The molecular weight excluding hydrogens is 380 g/mol. The van der Waals surface area contributed by atoms with Gasteiger partial charge in [0.1, 0.15) is 0 Å². The van der Waals surface area contributed by atoms with E-state index in [1.54, 1.807) is 12.1 Å². The molecule has 29 heavy (non-hydrogen) atoms. The summed E-state index contributed by atoms with van der Waals surface area (Å²) in [6, 6.07) is 25.0. The Bertz CT molecular complexity index is 1020. The van der Waals surface area contributed by atoms with E-state index < -0.39 is 0 Å². The fraction of sp³-hybridized carbons (Fsp3) is 0.240. The molecule has 1 saturated heterocycles. The number of halogens is 1. The highest BCUT2D eigenvalue weighted by molar-refractivity contribution is 6.30. The molecule has 3 aromatic rings. The average Bonchev–Trinajstić information content (AvgIpc) is 2.90. The van der Waals surface area contributed by atoms with Crippen molar-refractivity contribution < 1.29 is 4.79 Å². The van der Waals surface area contributed by atoms with Crippen LogP contribution in [0.5, 0.6) is 0 Å². The Morgan fingerprint density at radius 2 is 1.48 bits per heavy atom. The largest absolute Gasteiger partial charge is 0.337 e. The van der Waals surface area contributed by atoms with Crippen LogP contribution in [0.2, 0.25) is 5.02 Å². The van der Waals surface area contributed by atoms with Crippen molar-refractivity contribution in [2.24, 2.45) is 0 Å². The molecule has 0 spiro atoms. The molecule has 0 bridgehead atoms. The highest BCUT2D eigenvalue weighted by Gasteiger charge is 2.33. The van der Waals surface area contributed by atoms with Crippen LogP contribution in [0.25, 0.3) is 11.1 Å². The molecule has 1 fully saturated rings. The fourth-order valence-corrected chi connectivity index (χ4v) is 4.92. The summed E-state index contributed by atoms with van der Waals surface area (Å²) in [5, 5.41) is 0.603. The molecule has 0 atom stereocenters. The van der Waals surface area contributed by atoms with E-state index in [1.807, 2.05) is 17.0 Å². The lowest BCUT2D eigenvalue weighted by Gasteiger charge is -2.29. The summed E-state index contributed by atoms with van der Waals surface area (Å²) in [6.45, 7) is 3.34. The van der Waals surface area contributed by atoms with Crippen molar-refractivity contribution >= 4 is 17.5 Å². The van der Waals surface area contributed by atoms with Gasteiger partial charge in [-0.05, 0) is 46.9 Å². The van der Waals surface area contributed by atoms with Gasteiger partial charge >= 0.3 is 0 Å². The molecule has 1 aliphatic carbocycles. The molecular formula is C25H23ClN2O. The Morgan fingerprint density at radius 3 is 2.17 bits per heavy atom. The van der Waals surface area contributed by atoms with Gasteiger partial charge in [0.25, 0.3) is 5.91 Å². The molecule has 4 heteroatoms. The molecule has 2 aliphatic rings. The van der Waals surface area contributed by atoms with E-state index in [1.165, 1.54) is 22.3 Å². The van der Waals surface area contributed by atoms with Gasteiger partial charge in [0.05, 0.1) is 6.04 Å². The number of benzene rings is 3. The Balaban J connectivity index is 1.40. The van der Waals surface area contributed by atoms with Gasteiger partial charge in [0.2, 0.25) is 0 Å². The zero-order valence-electron chi connectivity index (χ0n) is 16.2. The second-order valence-corrected chi connectivity index (χ2v) is 8.21. The molecule has 0 saturated carbocycles. The summed E-state index contributed by atoms with van der Waals surface area (Å²) >= 11 is 6.09. The van der Waals surface area contributed by atoms with Gasteiger partial charge in [-0.1, -0.05) is 66.2 Å². The highest BCUT2D eigenvalue weighted by Crippen LogP contribution is 2.46. The maximum Gasteiger partial charge on any atom is 0.253 e. The van der Waals surface area contributed by atoms with Crippen molar-refractivity contribution in [3.05, 3.63) is 94.5 Å². The second-order valence-electron chi connectivity index (χ2n) is 7.77. The third-order valence-electron chi connectivity index (χ3n) is 6.06. The lowest BCUT2D eigenvalue weighted by Crippen LogP contribution is -2.36. The normalized spacial score (nSPS) is 16.9. The van der Waals surface area contributed by atoms with E-state index in [0.29, 0.717) is 10.6 Å². The van der Waals surface area contributed by atoms with Crippen LogP contribution >= 0.6 is 11.6 Å². The molecule has 3 nitrogen and oxygen atoms in total. The summed E-state index contributed by atoms with van der Waals surface area (Å²) in [7, 11) is 0. The monoisotopic (exact) mass is 402 g/mol. The van der Waals surface area contributed by atoms with Crippen molar-refractivity contribution in [2.45, 2.75) is 12.5 Å². The molecule has 0 N–H and O–H groups in total. The predicted molar refractivity (Wildman–Crippen MR) is 117 cm³/mol. The minimum absolute atomic E-state index is 0.0709. The third-order valence-corrected chi connectivity index (χ3v) is 6.29. The van der Waals surface area contributed by atoms with Gasteiger partial charge in [0, 0.05) is 36.8 Å². The number of hydrogen-bond donors (Lipinski definition) is 0. The van der Waals surface area contributed by atoms with E-state index >= 15 is 0 Å². The van der Waals surface area contributed by atoms with Crippen LogP contribution in [0.4, 0.5) is 0 Å². The molecule has 0 aromatic heterocycles. The van der Waals surface area contributed by atoms with Crippen molar-refractivity contribution in [3.8, 4) is 11.1 Å². The summed E-state index contributed by atoms with van der Waals surface area (Å²) in [4.78, 5) is 17.5. The maximum atomic E-state index is 13.0. The number of nitrogens with zero attached hydrogens (tertiary/aromatic N) is 2. The van der Waals surface area contributed by atoms with Crippen LogP contribution in [0.15, 0.2) is 72.8 Å². The molecule has 3 aromatic carbocycles. The molecule has 0 unspecified atom stereocenters. The summed E-state index contributed by atoms with van der Waals surface area (Å²) in [5.74, 6) is 0.0709. The Hall–Kier alpha value is -2.62. The van der Waals surface area contributed by atoms with E-state index in [9.17, 15) is 4.79 Å². The first-order chi connectivity index (χ1) is 14.2. The van der Waals surface area contributed by atoms with Gasteiger partial charge in [-0.3, -0.25) is 9.69 Å². The Morgan fingerprint density at radius 1 is 0.793 bits per heavy atom. The quantitative estimate of drug-likeness (QED) is 0.583. The first-order valence-corrected chi connectivity index (χ1v) is 10.6. The number of hydrogen-bond acceptors (Lipinski definition) is 2. The second kappa shape index (κ2) is 7.66. The SMILES string of the molecule is O=C(c1cccc(Cl)c1)N1CCCN(C2c3ccccc3-c3ccccc32)CC1. The number of carbonyl (C=O) groups excluding carboxylic acids is 1. The molecule has 1 aliphatic heterocycles. The predicted octanol–water partition coefficient (Wildman–Crippen LogP) is 5.26. The Labute approximate surface area is 176 Å².